The Bertz CT molecular complexity index is 658. The molecule has 7 nitrogen and oxygen atoms in total. The summed E-state index contributed by atoms with van der Waals surface area (Å²) < 4.78 is 0.409. The number of thiazole rings is 1. The van der Waals surface area contributed by atoms with Crippen molar-refractivity contribution < 1.29 is 9.90 Å². The topological polar surface area (TPSA) is 121 Å². The van der Waals surface area contributed by atoms with Crippen LogP contribution in [-0.2, 0) is 0 Å². The zero-order chi connectivity index (χ0) is 12.4. The predicted octanol–water partition coefficient (Wildman–Crippen LogP) is 0.804. The molecule has 1 heterocycles. The van der Waals surface area contributed by atoms with Crippen LogP contribution in [0.2, 0.25) is 0 Å². The van der Waals surface area contributed by atoms with Crippen LogP contribution >= 0.6 is 11.3 Å². The molecule has 0 radical (unpaired) electrons. The van der Waals surface area contributed by atoms with Gasteiger partial charge < -0.3 is 15.9 Å². The van der Waals surface area contributed by atoms with Gasteiger partial charge in [0.05, 0.1) is 4.70 Å². The molecule has 2 rings (SSSR count). The highest BCUT2D eigenvalue weighted by Gasteiger charge is 2.14. The lowest BCUT2D eigenvalue weighted by Crippen LogP contribution is -2.03. The minimum absolute atomic E-state index is 0.0737. The monoisotopic (exact) mass is 252 g/mol. The summed E-state index contributed by atoms with van der Waals surface area (Å²) in [5, 5.41) is 15.9. The molecule has 8 heteroatoms. The summed E-state index contributed by atoms with van der Waals surface area (Å²) >= 11 is 0.859. The SMILES string of the molecule is NN=NCC(=O)c1ccc(O)c2[nH]c(=O)sc12. The summed E-state index contributed by atoms with van der Waals surface area (Å²) in [4.78, 5) is 25.1. The molecule has 88 valence electrons. The minimum Gasteiger partial charge on any atom is -0.506 e. The zero-order valence-electron chi connectivity index (χ0n) is 8.51. The molecule has 0 spiro atoms. The lowest BCUT2D eigenvalue weighted by molar-refractivity contribution is 0.100. The third-order valence-corrected chi connectivity index (χ3v) is 3.07. The Morgan fingerprint density at radius 1 is 1.53 bits per heavy atom. The van der Waals surface area contributed by atoms with E-state index in [1.165, 1.54) is 12.1 Å². The van der Waals surface area contributed by atoms with Crippen molar-refractivity contribution in [1.29, 1.82) is 0 Å². The first-order chi connectivity index (χ1) is 8.13. The van der Waals surface area contributed by atoms with Crippen molar-refractivity contribution in [3.8, 4) is 5.75 Å². The second-order valence-electron chi connectivity index (χ2n) is 3.19. The highest BCUT2D eigenvalue weighted by Crippen LogP contribution is 2.27. The van der Waals surface area contributed by atoms with Crippen LogP contribution < -0.4 is 10.7 Å². The van der Waals surface area contributed by atoms with E-state index in [0.717, 1.165) is 11.3 Å². The van der Waals surface area contributed by atoms with E-state index in [0.29, 0.717) is 10.3 Å². The normalized spacial score (nSPS) is 11.3. The van der Waals surface area contributed by atoms with Crippen molar-refractivity contribution in [2.45, 2.75) is 0 Å². The lowest BCUT2D eigenvalue weighted by Gasteiger charge is -2.00. The van der Waals surface area contributed by atoms with Crippen LogP contribution in [0.5, 0.6) is 5.75 Å². The molecule has 0 amide bonds. The second kappa shape index (κ2) is 4.34. The average Bonchev–Trinajstić information content (AvgIpc) is 2.69. The summed E-state index contributed by atoms with van der Waals surface area (Å²) in [6, 6.07) is 2.79. The fourth-order valence-corrected chi connectivity index (χ4v) is 2.32. The van der Waals surface area contributed by atoms with E-state index in [4.69, 9.17) is 5.84 Å². The zero-order valence-corrected chi connectivity index (χ0v) is 9.32. The number of nitrogens with one attached hydrogen (secondary N) is 1. The maximum Gasteiger partial charge on any atom is 0.305 e. The molecular formula is C9H8N4O3S. The number of hydrogen-bond acceptors (Lipinski definition) is 6. The van der Waals surface area contributed by atoms with Gasteiger partial charge in [0.2, 0.25) is 0 Å². The van der Waals surface area contributed by atoms with E-state index >= 15 is 0 Å². The fraction of sp³-hybridized carbons (Fsp3) is 0.111. The van der Waals surface area contributed by atoms with Gasteiger partial charge in [0, 0.05) is 5.56 Å². The summed E-state index contributed by atoms with van der Waals surface area (Å²) in [6.07, 6.45) is 0. The second-order valence-corrected chi connectivity index (χ2v) is 4.17. The number of nitrogens with two attached hydrogens (primary N) is 1. The molecule has 0 unspecified atom stereocenters. The van der Waals surface area contributed by atoms with Crippen molar-refractivity contribution in [3.05, 3.63) is 27.4 Å². The van der Waals surface area contributed by atoms with Crippen molar-refractivity contribution >= 4 is 27.3 Å². The van der Waals surface area contributed by atoms with Crippen LogP contribution in [0, 0.1) is 0 Å². The van der Waals surface area contributed by atoms with Gasteiger partial charge >= 0.3 is 4.87 Å². The molecule has 0 atom stereocenters. The average molecular weight is 252 g/mol. The first-order valence-electron chi connectivity index (χ1n) is 4.58. The fourth-order valence-electron chi connectivity index (χ4n) is 1.43. The summed E-state index contributed by atoms with van der Waals surface area (Å²) in [5.74, 6) is 4.41. The standard InChI is InChI=1S/C9H8N4O3S/c10-13-11-3-6(15)4-1-2-5(14)7-8(4)17-9(16)12-7/h1-2,14H,3H2,(H2,10,11)(H,12,16). The Labute approximate surface area is 98.6 Å². The van der Waals surface area contributed by atoms with E-state index in [2.05, 4.69) is 15.3 Å². The first-order valence-corrected chi connectivity index (χ1v) is 5.40. The highest BCUT2D eigenvalue weighted by molar-refractivity contribution is 7.16. The number of nitrogens with zero attached hydrogens (tertiary/aromatic N) is 2. The highest BCUT2D eigenvalue weighted by atomic mass is 32.1. The number of ketones is 1. The van der Waals surface area contributed by atoms with Gasteiger partial charge in [0.15, 0.2) is 5.78 Å². The minimum atomic E-state index is -0.337. The molecule has 1 aromatic carbocycles. The molecule has 17 heavy (non-hydrogen) atoms. The van der Waals surface area contributed by atoms with Gasteiger partial charge in [-0.05, 0) is 12.1 Å². The number of phenolic OH excluding ortho intramolecular Hbond substituents is 1. The molecule has 0 aliphatic heterocycles. The largest absolute Gasteiger partial charge is 0.506 e. The van der Waals surface area contributed by atoms with E-state index in [1.807, 2.05) is 0 Å². The molecule has 2 aromatic rings. The van der Waals surface area contributed by atoms with Crippen LogP contribution in [-0.4, -0.2) is 22.4 Å². The number of carbonyl (C=O) groups is 1. The van der Waals surface area contributed by atoms with Gasteiger partial charge in [-0.1, -0.05) is 16.6 Å². The van der Waals surface area contributed by atoms with Gasteiger partial charge in [0.1, 0.15) is 17.8 Å². The van der Waals surface area contributed by atoms with E-state index < -0.39 is 0 Å². The molecule has 0 fully saturated rings. The van der Waals surface area contributed by atoms with E-state index in [1.54, 1.807) is 0 Å². The summed E-state index contributed by atoms with van der Waals surface area (Å²) in [6.45, 7) is -0.192. The first kappa shape index (κ1) is 11.3. The van der Waals surface area contributed by atoms with E-state index in [-0.39, 0.29) is 28.5 Å². The Balaban J connectivity index is 2.58. The van der Waals surface area contributed by atoms with Crippen LogP contribution in [0.1, 0.15) is 10.4 Å². The Kier molecular flexibility index (Phi) is 2.88. The Hall–Kier alpha value is -2.22. The number of fused-ring (bicyclic) bond motifs is 1. The number of benzene rings is 1. The van der Waals surface area contributed by atoms with Crippen LogP contribution in [0.4, 0.5) is 0 Å². The smallest absolute Gasteiger partial charge is 0.305 e. The Morgan fingerprint density at radius 2 is 2.29 bits per heavy atom. The molecule has 4 N–H and O–H groups in total. The van der Waals surface area contributed by atoms with Crippen molar-refractivity contribution in [2.24, 2.45) is 16.2 Å². The number of H-pyrrole nitrogens is 1. The molecule has 0 aliphatic carbocycles. The molecular weight excluding hydrogens is 244 g/mol. The van der Waals surface area contributed by atoms with Crippen molar-refractivity contribution in [1.82, 2.24) is 4.98 Å². The third kappa shape index (κ3) is 2.02. The number of carbonyl (C=O) groups excluding carboxylic acids is 1. The number of aromatic nitrogens is 1. The molecule has 0 bridgehead atoms. The van der Waals surface area contributed by atoms with Crippen molar-refractivity contribution in [2.75, 3.05) is 6.54 Å². The van der Waals surface area contributed by atoms with Crippen LogP contribution in [0.25, 0.3) is 10.2 Å². The maximum absolute atomic E-state index is 11.7. The number of aromatic amines is 1. The number of phenols is 1. The van der Waals surface area contributed by atoms with Gasteiger partial charge in [-0.2, -0.15) is 5.11 Å². The number of aromatic hydroxyl groups is 1. The molecule has 1 aromatic heterocycles. The lowest BCUT2D eigenvalue weighted by atomic mass is 10.1. The van der Waals surface area contributed by atoms with Crippen LogP contribution in [0.3, 0.4) is 0 Å². The maximum atomic E-state index is 11.7. The van der Waals surface area contributed by atoms with Crippen LogP contribution in [0.15, 0.2) is 27.3 Å². The van der Waals surface area contributed by atoms with Gasteiger partial charge in [-0.25, -0.2) is 0 Å². The van der Waals surface area contributed by atoms with Crippen molar-refractivity contribution in [3.63, 3.8) is 0 Å². The number of Topliss-reactive ketones (excluding diaryl/α,β-unsaturated/α-hetero) is 1. The summed E-state index contributed by atoms with van der Waals surface area (Å²) in [7, 11) is 0. The third-order valence-electron chi connectivity index (χ3n) is 2.15. The predicted molar refractivity (Wildman–Crippen MR) is 62.4 cm³/mol. The molecule has 0 aliphatic rings. The van der Waals surface area contributed by atoms with Gasteiger partial charge in [0.25, 0.3) is 0 Å². The summed E-state index contributed by atoms with van der Waals surface area (Å²) in [5.41, 5.74) is 0.573. The molecule has 0 saturated carbocycles. The van der Waals surface area contributed by atoms with Gasteiger partial charge in [-0.3, -0.25) is 9.59 Å². The van der Waals surface area contributed by atoms with E-state index in [9.17, 15) is 14.7 Å². The molecule has 0 saturated heterocycles. The number of hydrogen-bond donors (Lipinski definition) is 3. The quantitative estimate of drug-likeness (QED) is 0.324. The number of rotatable bonds is 3. The van der Waals surface area contributed by atoms with Gasteiger partial charge in [-0.15, -0.1) is 0 Å². The Morgan fingerprint density at radius 3 is 3.00 bits per heavy atom.